The Morgan fingerprint density at radius 3 is 2.52 bits per heavy atom. The summed E-state index contributed by atoms with van der Waals surface area (Å²) in [7, 11) is 3.84. The van der Waals surface area contributed by atoms with Gasteiger partial charge < -0.3 is 19.7 Å². The molecule has 3 aromatic carbocycles. The Hall–Kier alpha value is -5.01. The molecule has 5 rings (SSSR count). The summed E-state index contributed by atoms with van der Waals surface area (Å²) in [5, 5.41) is 14.0. The van der Waals surface area contributed by atoms with Crippen LogP contribution in [0, 0.1) is 11.3 Å². The number of fused-ring (bicyclic) bond motifs is 1. The highest BCUT2D eigenvalue weighted by Crippen LogP contribution is 2.28. The monoisotopic (exact) mass is 563 g/mol. The van der Waals surface area contributed by atoms with Gasteiger partial charge in [0, 0.05) is 32.4 Å². The number of urea groups is 1. The number of imidazole rings is 1. The van der Waals surface area contributed by atoms with Crippen molar-refractivity contribution in [3.8, 4) is 6.07 Å². The second-order valence-corrected chi connectivity index (χ2v) is 10.7. The number of nitriles is 1. The van der Waals surface area contributed by atoms with E-state index in [1.165, 1.54) is 9.80 Å². The number of nitrogens with zero attached hydrogens (tertiary/aromatic N) is 6. The van der Waals surface area contributed by atoms with E-state index in [0.717, 1.165) is 21.9 Å². The van der Waals surface area contributed by atoms with Crippen LogP contribution in [-0.4, -0.2) is 75.3 Å². The van der Waals surface area contributed by atoms with Crippen molar-refractivity contribution in [3.63, 3.8) is 0 Å². The molecule has 1 aliphatic heterocycles. The molecule has 42 heavy (non-hydrogen) atoms. The van der Waals surface area contributed by atoms with Crippen LogP contribution in [0.25, 0.3) is 10.8 Å². The minimum atomic E-state index is -0.925. The van der Waals surface area contributed by atoms with Gasteiger partial charge in [-0.2, -0.15) is 5.26 Å². The van der Waals surface area contributed by atoms with E-state index in [9.17, 15) is 14.4 Å². The van der Waals surface area contributed by atoms with Crippen molar-refractivity contribution in [1.82, 2.24) is 29.6 Å². The summed E-state index contributed by atoms with van der Waals surface area (Å²) in [4.78, 5) is 49.5. The molecule has 1 unspecified atom stereocenters. The van der Waals surface area contributed by atoms with E-state index in [0.29, 0.717) is 30.9 Å². The summed E-state index contributed by atoms with van der Waals surface area (Å²) < 4.78 is 1.87. The van der Waals surface area contributed by atoms with Crippen molar-refractivity contribution < 1.29 is 14.4 Å². The number of rotatable bonds is 11. The van der Waals surface area contributed by atoms with Gasteiger partial charge in [-0.15, -0.1) is 0 Å². The van der Waals surface area contributed by atoms with Gasteiger partial charge in [-0.25, -0.2) is 9.78 Å². The summed E-state index contributed by atoms with van der Waals surface area (Å²) in [6, 6.07) is 21.8. The Balaban J connectivity index is 1.39. The zero-order valence-electron chi connectivity index (χ0n) is 23.7. The van der Waals surface area contributed by atoms with Crippen LogP contribution in [0.2, 0.25) is 0 Å². The highest BCUT2D eigenvalue weighted by molar-refractivity contribution is 6.06. The van der Waals surface area contributed by atoms with Crippen molar-refractivity contribution in [2.45, 2.75) is 32.1 Å². The first-order valence-electron chi connectivity index (χ1n) is 13.8. The third kappa shape index (κ3) is 6.32. The SMILES string of the molecule is CN(C)CCNC(=O)CC1C(=O)N(Cc2cncn2Cc2ccc(C#N)cc2)C(=O)N1Cc1cccc2ccccc12. The number of aromatic nitrogens is 2. The number of amides is 4. The lowest BCUT2D eigenvalue weighted by Crippen LogP contribution is -2.40. The number of nitrogens with one attached hydrogen (secondary N) is 1. The first kappa shape index (κ1) is 28.5. The van der Waals surface area contributed by atoms with E-state index in [1.807, 2.05) is 78.2 Å². The molecular weight excluding hydrogens is 530 g/mol. The second-order valence-electron chi connectivity index (χ2n) is 10.7. The second kappa shape index (κ2) is 12.7. The van der Waals surface area contributed by atoms with E-state index in [2.05, 4.69) is 16.4 Å². The van der Waals surface area contributed by atoms with Crippen molar-refractivity contribution in [3.05, 3.63) is 102 Å². The average molecular weight is 564 g/mol. The van der Waals surface area contributed by atoms with Crippen molar-refractivity contribution in [2.24, 2.45) is 0 Å². The van der Waals surface area contributed by atoms with E-state index in [-0.39, 0.29) is 25.4 Å². The molecule has 0 aliphatic carbocycles. The van der Waals surface area contributed by atoms with Crippen LogP contribution in [0.5, 0.6) is 0 Å². The van der Waals surface area contributed by atoms with Crippen LogP contribution in [0.15, 0.2) is 79.3 Å². The summed E-state index contributed by atoms with van der Waals surface area (Å²) in [5.74, 6) is -0.687. The number of imide groups is 1. The fourth-order valence-electron chi connectivity index (χ4n) is 5.16. The molecule has 10 nitrogen and oxygen atoms in total. The van der Waals surface area contributed by atoms with Gasteiger partial charge in [-0.1, -0.05) is 54.6 Å². The molecule has 0 bridgehead atoms. The Labute approximate surface area is 244 Å². The zero-order chi connectivity index (χ0) is 29.6. The lowest BCUT2D eigenvalue weighted by atomic mass is 10.0. The highest BCUT2D eigenvalue weighted by atomic mass is 16.2. The third-order valence-electron chi connectivity index (χ3n) is 7.44. The number of likely N-dealkylation sites (N-methyl/N-ethyl adjacent to an activating group) is 1. The van der Waals surface area contributed by atoms with E-state index < -0.39 is 18.0 Å². The third-order valence-corrected chi connectivity index (χ3v) is 7.44. The Morgan fingerprint density at radius 2 is 1.76 bits per heavy atom. The van der Waals surface area contributed by atoms with Gasteiger partial charge in [0.2, 0.25) is 5.91 Å². The molecule has 0 saturated carbocycles. The first-order valence-corrected chi connectivity index (χ1v) is 13.8. The van der Waals surface area contributed by atoms with Crippen molar-refractivity contribution in [1.29, 1.82) is 5.26 Å². The van der Waals surface area contributed by atoms with Gasteiger partial charge in [-0.05, 0) is 48.1 Å². The van der Waals surface area contributed by atoms with Crippen molar-refractivity contribution >= 4 is 28.6 Å². The van der Waals surface area contributed by atoms with E-state index >= 15 is 0 Å². The number of hydrogen-bond acceptors (Lipinski definition) is 6. The topological polar surface area (TPSA) is 115 Å². The molecule has 1 atom stereocenters. The summed E-state index contributed by atoms with van der Waals surface area (Å²) in [6.07, 6.45) is 3.17. The molecule has 1 fully saturated rings. The minimum absolute atomic E-state index is 0.0265. The van der Waals surface area contributed by atoms with Gasteiger partial charge in [0.05, 0.1) is 36.6 Å². The molecule has 1 saturated heterocycles. The average Bonchev–Trinajstić information content (AvgIpc) is 3.51. The molecule has 1 aliphatic rings. The van der Waals surface area contributed by atoms with Crippen LogP contribution in [0.1, 0.15) is 28.8 Å². The molecular formula is C32H33N7O3. The summed E-state index contributed by atoms with van der Waals surface area (Å²) >= 11 is 0. The number of carbonyl (C=O) groups is 3. The standard InChI is InChI=1S/C32H33N7O3/c1-36(2)15-14-35-30(40)16-29-31(41)39(21-27-18-34-22-37(27)19-24-12-10-23(17-33)11-13-24)32(42)38(29)20-26-8-5-7-25-6-3-4-9-28(25)26/h3-13,18,22,29H,14-16,19-21H2,1-2H3,(H,35,40). The predicted octanol–water partition coefficient (Wildman–Crippen LogP) is 3.36. The van der Waals surface area contributed by atoms with Gasteiger partial charge in [0.25, 0.3) is 5.91 Å². The van der Waals surface area contributed by atoms with E-state index in [4.69, 9.17) is 5.26 Å². The largest absolute Gasteiger partial charge is 0.355 e. The smallest absolute Gasteiger partial charge is 0.328 e. The number of hydrogen-bond donors (Lipinski definition) is 1. The molecule has 4 aromatic rings. The Kier molecular flexibility index (Phi) is 8.60. The van der Waals surface area contributed by atoms with Crippen LogP contribution < -0.4 is 5.32 Å². The maximum Gasteiger partial charge on any atom is 0.328 e. The molecule has 4 amide bonds. The minimum Gasteiger partial charge on any atom is -0.355 e. The van der Waals surface area contributed by atoms with Crippen LogP contribution in [-0.2, 0) is 29.2 Å². The van der Waals surface area contributed by atoms with Gasteiger partial charge in [0.15, 0.2) is 0 Å². The normalized spacial score (nSPS) is 15.0. The lowest BCUT2D eigenvalue weighted by molar-refractivity contribution is -0.132. The maximum atomic E-state index is 13.9. The van der Waals surface area contributed by atoms with Crippen LogP contribution in [0.3, 0.4) is 0 Å². The van der Waals surface area contributed by atoms with Crippen LogP contribution >= 0.6 is 0 Å². The molecule has 10 heteroatoms. The Morgan fingerprint density at radius 1 is 1.00 bits per heavy atom. The van der Waals surface area contributed by atoms with Gasteiger partial charge in [-0.3, -0.25) is 14.5 Å². The Bertz CT molecular complexity index is 1630. The summed E-state index contributed by atoms with van der Waals surface area (Å²) in [6.45, 7) is 1.80. The fourth-order valence-corrected chi connectivity index (χ4v) is 5.16. The first-order chi connectivity index (χ1) is 20.3. The quantitative estimate of drug-likeness (QED) is 0.280. The van der Waals surface area contributed by atoms with Crippen molar-refractivity contribution in [2.75, 3.05) is 27.2 Å². The number of carbonyl (C=O) groups excluding carboxylic acids is 3. The van der Waals surface area contributed by atoms with Gasteiger partial charge >= 0.3 is 6.03 Å². The molecule has 214 valence electrons. The number of benzene rings is 3. The van der Waals surface area contributed by atoms with E-state index in [1.54, 1.807) is 24.7 Å². The molecule has 2 heterocycles. The summed E-state index contributed by atoms with van der Waals surface area (Å²) in [5.41, 5.74) is 3.11. The molecule has 0 radical (unpaired) electrons. The van der Waals surface area contributed by atoms with Crippen LogP contribution in [0.4, 0.5) is 4.79 Å². The lowest BCUT2D eigenvalue weighted by Gasteiger charge is -2.22. The molecule has 0 spiro atoms. The fraction of sp³-hybridized carbons (Fsp3) is 0.281. The predicted molar refractivity (Wildman–Crippen MR) is 158 cm³/mol. The molecule has 1 N–H and O–H groups in total. The van der Waals surface area contributed by atoms with Gasteiger partial charge in [0.1, 0.15) is 6.04 Å². The molecule has 1 aromatic heterocycles. The maximum absolute atomic E-state index is 13.9. The zero-order valence-corrected chi connectivity index (χ0v) is 23.7. The highest BCUT2D eigenvalue weighted by Gasteiger charge is 2.46.